The molecule has 3 heteroatoms. The van der Waals surface area contributed by atoms with Crippen LogP contribution in [-0.2, 0) is 4.74 Å². The van der Waals surface area contributed by atoms with Crippen LogP contribution in [-0.4, -0.2) is 37.5 Å². The van der Waals surface area contributed by atoms with Crippen LogP contribution in [0.4, 0.5) is 0 Å². The molecule has 2 N–H and O–H groups in total. The highest BCUT2D eigenvalue weighted by Crippen LogP contribution is 2.51. The van der Waals surface area contributed by atoms with Crippen LogP contribution in [0.1, 0.15) is 53.4 Å². The van der Waals surface area contributed by atoms with Gasteiger partial charge in [-0.15, -0.1) is 0 Å². The number of rotatable bonds is 11. The van der Waals surface area contributed by atoms with Gasteiger partial charge in [0.15, 0.2) is 0 Å². The summed E-state index contributed by atoms with van der Waals surface area (Å²) in [5.41, 5.74) is 0.512. The minimum atomic E-state index is -0.373. The van der Waals surface area contributed by atoms with E-state index in [1.54, 1.807) is 0 Å². The quantitative estimate of drug-likeness (QED) is 0.568. The Balaban J connectivity index is 1.95. The number of aliphatic hydroxyl groups excluding tert-OH is 1. The monoisotopic (exact) mass is 271 g/mol. The fourth-order valence-electron chi connectivity index (χ4n) is 2.48. The molecule has 0 aromatic rings. The fourth-order valence-corrected chi connectivity index (χ4v) is 2.48. The maximum Gasteiger partial charge on any atom is 0.0897 e. The molecule has 1 rings (SSSR count). The Morgan fingerprint density at radius 2 is 1.89 bits per heavy atom. The molecule has 1 saturated carbocycles. The minimum absolute atomic E-state index is 0.373. The fraction of sp³-hybridized carbons (Fsp3) is 1.00. The molecule has 0 radical (unpaired) electrons. The van der Waals surface area contributed by atoms with Crippen LogP contribution in [0.5, 0.6) is 0 Å². The maximum absolute atomic E-state index is 9.83. The van der Waals surface area contributed by atoms with E-state index in [2.05, 4.69) is 33.0 Å². The average Bonchev–Trinajstić information content (AvgIpc) is 3.09. The summed E-state index contributed by atoms with van der Waals surface area (Å²) in [6.07, 6.45) is 4.58. The van der Waals surface area contributed by atoms with Gasteiger partial charge in [0, 0.05) is 19.7 Å². The molecule has 3 nitrogen and oxygen atoms in total. The van der Waals surface area contributed by atoms with Crippen molar-refractivity contribution in [3.63, 3.8) is 0 Å². The van der Waals surface area contributed by atoms with Crippen molar-refractivity contribution >= 4 is 0 Å². The molecule has 1 aliphatic rings. The SMILES string of the molecule is CC(C)CCCOCC(O)CNCC1(C(C)C)CC1. The predicted octanol–water partition coefficient (Wildman–Crippen LogP) is 2.83. The predicted molar refractivity (Wildman–Crippen MR) is 80.3 cm³/mol. The first kappa shape index (κ1) is 16.9. The van der Waals surface area contributed by atoms with E-state index >= 15 is 0 Å². The van der Waals surface area contributed by atoms with Gasteiger partial charge in [0.25, 0.3) is 0 Å². The van der Waals surface area contributed by atoms with Crippen LogP contribution >= 0.6 is 0 Å². The highest BCUT2D eigenvalue weighted by Gasteiger charge is 2.44. The number of hydrogen-bond donors (Lipinski definition) is 2. The van der Waals surface area contributed by atoms with Gasteiger partial charge in [0.05, 0.1) is 12.7 Å². The molecule has 0 spiro atoms. The molecule has 1 unspecified atom stereocenters. The lowest BCUT2D eigenvalue weighted by molar-refractivity contribution is 0.0339. The first-order valence-corrected chi connectivity index (χ1v) is 7.93. The largest absolute Gasteiger partial charge is 0.389 e. The van der Waals surface area contributed by atoms with Gasteiger partial charge in [0.2, 0.25) is 0 Å². The zero-order valence-electron chi connectivity index (χ0n) is 13.2. The highest BCUT2D eigenvalue weighted by molar-refractivity contribution is 4.97. The summed E-state index contributed by atoms with van der Waals surface area (Å²) < 4.78 is 5.50. The molecule has 0 amide bonds. The van der Waals surface area contributed by atoms with Crippen molar-refractivity contribution in [2.45, 2.75) is 59.5 Å². The van der Waals surface area contributed by atoms with Crippen LogP contribution in [0.3, 0.4) is 0 Å². The van der Waals surface area contributed by atoms with Crippen molar-refractivity contribution in [1.82, 2.24) is 5.32 Å². The van der Waals surface area contributed by atoms with Crippen LogP contribution in [0.25, 0.3) is 0 Å². The second kappa shape index (κ2) is 8.23. The van der Waals surface area contributed by atoms with E-state index in [0.29, 0.717) is 18.6 Å². The van der Waals surface area contributed by atoms with Crippen molar-refractivity contribution in [2.24, 2.45) is 17.3 Å². The normalized spacial score (nSPS) is 19.1. The molecule has 1 atom stereocenters. The molecule has 19 heavy (non-hydrogen) atoms. The van der Waals surface area contributed by atoms with E-state index in [9.17, 15) is 5.11 Å². The van der Waals surface area contributed by atoms with E-state index in [1.165, 1.54) is 19.3 Å². The summed E-state index contributed by atoms with van der Waals surface area (Å²) >= 11 is 0. The van der Waals surface area contributed by atoms with Crippen LogP contribution in [0.15, 0.2) is 0 Å². The molecule has 0 aromatic carbocycles. The Hall–Kier alpha value is -0.120. The molecule has 1 fully saturated rings. The zero-order chi connectivity index (χ0) is 14.3. The smallest absolute Gasteiger partial charge is 0.0897 e. The second-order valence-corrected chi connectivity index (χ2v) is 6.91. The van der Waals surface area contributed by atoms with Gasteiger partial charge >= 0.3 is 0 Å². The number of ether oxygens (including phenoxy) is 1. The molecule has 1 aliphatic carbocycles. The third kappa shape index (κ3) is 6.73. The average molecular weight is 271 g/mol. The lowest BCUT2D eigenvalue weighted by Gasteiger charge is -2.21. The molecule has 0 saturated heterocycles. The molecule has 0 aliphatic heterocycles. The molecule has 0 bridgehead atoms. The third-order valence-corrected chi connectivity index (χ3v) is 4.35. The van der Waals surface area contributed by atoms with Crippen molar-refractivity contribution in [1.29, 1.82) is 0 Å². The first-order valence-electron chi connectivity index (χ1n) is 7.93. The highest BCUT2D eigenvalue weighted by atomic mass is 16.5. The topological polar surface area (TPSA) is 41.5 Å². The molecule has 114 valence electrons. The van der Waals surface area contributed by atoms with Gasteiger partial charge in [-0.05, 0) is 42.9 Å². The molecular weight excluding hydrogens is 238 g/mol. The Morgan fingerprint density at radius 1 is 1.21 bits per heavy atom. The van der Waals surface area contributed by atoms with E-state index < -0.39 is 0 Å². The van der Waals surface area contributed by atoms with E-state index in [4.69, 9.17) is 4.74 Å². The molecule has 0 heterocycles. The van der Waals surface area contributed by atoms with Gasteiger partial charge in [-0.25, -0.2) is 0 Å². The maximum atomic E-state index is 9.83. The summed E-state index contributed by atoms with van der Waals surface area (Å²) in [7, 11) is 0. The van der Waals surface area contributed by atoms with Crippen molar-refractivity contribution in [3.8, 4) is 0 Å². The second-order valence-electron chi connectivity index (χ2n) is 6.91. The lowest BCUT2D eigenvalue weighted by Crippen LogP contribution is -2.35. The lowest BCUT2D eigenvalue weighted by atomic mass is 9.92. The Labute approximate surface area is 119 Å². The van der Waals surface area contributed by atoms with Gasteiger partial charge in [-0.3, -0.25) is 0 Å². The summed E-state index contributed by atoms with van der Waals surface area (Å²) in [5, 5.41) is 13.2. The number of nitrogens with one attached hydrogen (secondary N) is 1. The third-order valence-electron chi connectivity index (χ3n) is 4.35. The minimum Gasteiger partial charge on any atom is -0.389 e. The number of hydrogen-bond acceptors (Lipinski definition) is 3. The summed E-state index contributed by atoms with van der Waals surface area (Å²) in [4.78, 5) is 0. The van der Waals surface area contributed by atoms with Gasteiger partial charge < -0.3 is 15.2 Å². The summed E-state index contributed by atoms with van der Waals surface area (Å²) in [6.45, 7) is 12.0. The van der Waals surface area contributed by atoms with E-state index in [-0.39, 0.29) is 6.10 Å². The molecular formula is C16H33NO2. The Bertz CT molecular complexity index is 237. The standard InChI is InChI=1S/C16H33NO2/c1-13(2)6-5-9-19-11-15(18)10-17-12-16(7-8-16)14(3)4/h13-15,17-18H,5-12H2,1-4H3. The van der Waals surface area contributed by atoms with Crippen LogP contribution in [0, 0.1) is 17.3 Å². The van der Waals surface area contributed by atoms with Crippen molar-refractivity contribution in [3.05, 3.63) is 0 Å². The van der Waals surface area contributed by atoms with Gasteiger partial charge in [0.1, 0.15) is 0 Å². The van der Waals surface area contributed by atoms with E-state index in [0.717, 1.165) is 31.4 Å². The van der Waals surface area contributed by atoms with Crippen molar-refractivity contribution in [2.75, 3.05) is 26.3 Å². The van der Waals surface area contributed by atoms with Crippen LogP contribution < -0.4 is 5.32 Å². The van der Waals surface area contributed by atoms with Gasteiger partial charge in [-0.1, -0.05) is 27.7 Å². The van der Waals surface area contributed by atoms with E-state index in [1.807, 2.05) is 0 Å². The van der Waals surface area contributed by atoms with Crippen molar-refractivity contribution < 1.29 is 9.84 Å². The first-order chi connectivity index (χ1) is 8.96. The Morgan fingerprint density at radius 3 is 2.42 bits per heavy atom. The van der Waals surface area contributed by atoms with Crippen LogP contribution in [0.2, 0.25) is 0 Å². The molecule has 0 aromatic heterocycles. The number of aliphatic hydroxyl groups is 1. The Kier molecular flexibility index (Phi) is 7.33. The summed E-state index contributed by atoms with van der Waals surface area (Å²) in [6, 6.07) is 0. The van der Waals surface area contributed by atoms with Gasteiger partial charge in [-0.2, -0.15) is 0 Å². The zero-order valence-corrected chi connectivity index (χ0v) is 13.2. The summed E-state index contributed by atoms with van der Waals surface area (Å²) in [5.74, 6) is 1.48.